The molecule has 0 spiro atoms. The first-order chi connectivity index (χ1) is 12.2. The molecule has 1 aromatic carbocycles. The fourth-order valence-corrected chi connectivity index (χ4v) is 2.57. The van der Waals surface area contributed by atoms with E-state index in [-0.39, 0.29) is 27.5 Å². The van der Waals surface area contributed by atoms with Crippen molar-refractivity contribution in [2.75, 3.05) is 37.8 Å². The monoisotopic (exact) mass is 407 g/mol. The largest absolute Gasteiger partial charge is 0.433 e. The van der Waals surface area contributed by atoms with Crippen molar-refractivity contribution in [2.24, 2.45) is 0 Å². The molecule has 142 valence electrons. The van der Waals surface area contributed by atoms with Gasteiger partial charge in [-0.15, -0.1) is 0 Å². The first kappa shape index (κ1) is 20.5. The second kappa shape index (κ2) is 8.75. The van der Waals surface area contributed by atoms with Gasteiger partial charge in [-0.05, 0) is 39.2 Å². The predicted octanol–water partition coefficient (Wildman–Crippen LogP) is 4.91. The highest BCUT2D eigenvalue weighted by atomic mass is 35.5. The van der Waals surface area contributed by atoms with E-state index in [1.54, 1.807) is 18.2 Å². The van der Waals surface area contributed by atoms with Crippen molar-refractivity contribution in [3.05, 3.63) is 40.0 Å². The molecule has 0 saturated heterocycles. The van der Waals surface area contributed by atoms with E-state index in [1.165, 1.54) is 0 Å². The Bertz CT molecular complexity index is 733. The number of para-hydroxylation sites is 1. The van der Waals surface area contributed by atoms with Gasteiger partial charge in [0, 0.05) is 12.6 Å². The van der Waals surface area contributed by atoms with Crippen LogP contribution in [-0.4, -0.2) is 42.1 Å². The number of aromatic nitrogens is 2. The van der Waals surface area contributed by atoms with Crippen molar-refractivity contribution < 1.29 is 13.2 Å². The summed E-state index contributed by atoms with van der Waals surface area (Å²) in [5.74, 6) is -0.179. The quantitative estimate of drug-likeness (QED) is 0.638. The van der Waals surface area contributed by atoms with Gasteiger partial charge < -0.3 is 15.5 Å². The molecule has 0 saturated carbocycles. The molecule has 1 aromatic heterocycles. The lowest BCUT2D eigenvalue weighted by Gasteiger charge is -2.14. The van der Waals surface area contributed by atoms with E-state index in [4.69, 9.17) is 23.2 Å². The average molecular weight is 408 g/mol. The van der Waals surface area contributed by atoms with Gasteiger partial charge in [0.1, 0.15) is 5.82 Å². The summed E-state index contributed by atoms with van der Waals surface area (Å²) in [6.07, 6.45) is -3.88. The van der Waals surface area contributed by atoms with Gasteiger partial charge in [0.25, 0.3) is 0 Å². The summed E-state index contributed by atoms with van der Waals surface area (Å²) in [4.78, 5) is 9.59. The molecule has 2 N–H and O–H groups in total. The van der Waals surface area contributed by atoms with Crippen LogP contribution in [0.4, 0.5) is 30.6 Å². The number of nitrogens with one attached hydrogen (secondary N) is 2. The molecule has 26 heavy (non-hydrogen) atoms. The van der Waals surface area contributed by atoms with Crippen LogP contribution < -0.4 is 10.6 Å². The number of alkyl halides is 3. The molecule has 0 amide bonds. The molecule has 0 aliphatic heterocycles. The number of hydrogen-bond acceptors (Lipinski definition) is 5. The molecule has 0 unspecified atom stereocenters. The van der Waals surface area contributed by atoms with Crippen LogP contribution in [0.2, 0.25) is 10.0 Å². The van der Waals surface area contributed by atoms with Gasteiger partial charge in [-0.25, -0.2) is 4.98 Å². The van der Waals surface area contributed by atoms with Crippen LogP contribution in [0.15, 0.2) is 24.3 Å². The molecule has 0 aliphatic carbocycles. The second-order valence-electron chi connectivity index (χ2n) is 5.77. The van der Waals surface area contributed by atoms with E-state index >= 15 is 0 Å². The minimum atomic E-state index is -4.61. The standard InChI is InChI=1S/C16H18Cl2F3N5/c1-26(2)8-4-7-22-15-23-12(16(19,20)21)9-13(25-15)24-14-10(17)5-3-6-11(14)18/h3,5-6,9H,4,7-8H2,1-2H3,(H2,22,23,24,25). The van der Waals surface area contributed by atoms with E-state index in [0.29, 0.717) is 6.54 Å². The van der Waals surface area contributed by atoms with E-state index in [9.17, 15) is 13.2 Å². The summed E-state index contributed by atoms with van der Waals surface area (Å²) in [5, 5.41) is 6.09. The predicted molar refractivity (Wildman–Crippen MR) is 98.4 cm³/mol. The zero-order chi connectivity index (χ0) is 19.3. The first-order valence-corrected chi connectivity index (χ1v) is 8.48. The number of anilines is 3. The number of halogens is 5. The van der Waals surface area contributed by atoms with Gasteiger partial charge in [-0.1, -0.05) is 29.3 Å². The van der Waals surface area contributed by atoms with Gasteiger partial charge in [0.2, 0.25) is 5.95 Å². The Balaban J connectivity index is 2.26. The highest BCUT2D eigenvalue weighted by molar-refractivity contribution is 6.39. The van der Waals surface area contributed by atoms with Crippen molar-refractivity contribution in [2.45, 2.75) is 12.6 Å². The minimum absolute atomic E-state index is 0.0579. The summed E-state index contributed by atoms with van der Waals surface area (Å²) >= 11 is 12.1. The average Bonchev–Trinajstić information content (AvgIpc) is 2.54. The van der Waals surface area contributed by atoms with Crippen molar-refractivity contribution in [3.8, 4) is 0 Å². The third kappa shape index (κ3) is 5.89. The molecule has 5 nitrogen and oxygen atoms in total. The van der Waals surface area contributed by atoms with Crippen LogP contribution in [-0.2, 0) is 6.18 Å². The van der Waals surface area contributed by atoms with Crippen LogP contribution in [0, 0.1) is 0 Å². The summed E-state index contributed by atoms with van der Waals surface area (Å²) in [6.45, 7) is 1.22. The lowest BCUT2D eigenvalue weighted by Crippen LogP contribution is -2.18. The third-order valence-corrected chi connectivity index (χ3v) is 3.93. The first-order valence-electron chi connectivity index (χ1n) is 7.72. The van der Waals surface area contributed by atoms with Gasteiger partial charge in [-0.3, -0.25) is 0 Å². The van der Waals surface area contributed by atoms with Crippen molar-refractivity contribution in [1.29, 1.82) is 0 Å². The Morgan fingerprint density at radius 3 is 2.35 bits per heavy atom. The summed E-state index contributed by atoms with van der Waals surface area (Å²) in [7, 11) is 3.83. The fourth-order valence-electron chi connectivity index (χ4n) is 2.08. The van der Waals surface area contributed by atoms with Gasteiger partial charge in [0.05, 0.1) is 15.7 Å². The van der Waals surface area contributed by atoms with Gasteiger partial charge in [-0.2, -0.15) is 18.2 Å². The molecule has 0 bridgehead atoms. The third-order valence-electron chi connectivity index (χ3n) is 3.30. The molecular weight excluding hydrogens is 390 g/mol. The molecule has 2 aromatic rings. The highest BCUT2D eigenvalue weighted by Gasteiger charge is 2.33. The summed E-state index contributed by atoms with van der Waals surface area (Å²) in [6, 6.07) is 5.59. The Hall–Kier alpha value is -1.77. The number of hydrogen-bond donors (Lipinski definition) is 2. The SMILES string of the molecule is CN(C)CCCNc1nc(Nc2c(Cl)cccc2Cl)cc(C(F)(F)F)n1. The van der Waals surface area contributed by atoms with E-state index in [0.717, 1.165) is 19.0 Å². The lowest BCUT2D eigenvalue weighted by molar-refractivity contribution is -0.141. The molecule has 0 radical (unpaired) electrons. The maximum Gasteiger partial charge on any atom is 0.433 e. The van der Waals surface area contributed by atoms with Crippen LogP contribution in [0.1, 0.15) is 12.1 Å². The normalized spacial score (nSPS) is 11.7. The Morgan fingerprint density at radius 2 is 1.77 bits per heavy atom. The summed E-state index contributed by atoms with van der Waals surface area (Å²) < 4.78 is 39.4. The molecule has 2 rings (SSSR count). The molecule has 1 heterocycles. The number of rotatable bonds is 7. The van der Waals surface area contributed by atoms with Crippen LogP contribution in [0.25, 0.3) is 0 Å². The van der Waals surface area contributed by atoms with Crippen LogP contribution >= 0.6 is 23.2 Å². The van der Waals surface area contributed by atoms with E-state index in [2.05, 4.69) is 20.6 Å². The lowest BCUT2D eigenvalue weighted by atomic mass is 10.3. The Morgan fingerprint density at radius 1 is 1.12 bits per heavy atom. The van der Waals surface area contributed by atoms with E-state index in [1.807, 2.05) is 19.0 Å². The smallest absolute Gasteiger partial charge is 0.354 e. The Kier molecular flexibility index (Phi) is 6.91. The molecule has 0 atom stereocenters. The number of benzene rings is 1. The maximum atomic E-state index is 13.1. The van der Waals surface area contributed by atoms with Gasteiger partial charge in [0.15, 0.2) is 5.69 Å². The van der Waals surface area contributed by atoms with Crippen molar-refractivity contribution >= 4 is 40.7 Å². The fraction of sp³-hybridized carbons (Fsp3) is 0.375. The molecular formula is C16H18Cl2F3N5. The molecule has 0 aliphatic rings. The molecule has 10 heteroatoms. The Labute approximate surface area is 159 Å². The molecule has 0 fully saturated rings. The highest BCUT2D eigenvalue weighted by Crippen LogP contribution is 2.34. The minimum Gasteiger partial charge on any atom is -0.354 e. The van der Waals surface area contributed by atoms with Gasteiger partial charge >= 0.3 is 6.18 Å². The van der Waals surface area contributed by atoms with Crippen molar-refractivity contribution in [3.63, 3.8) is 0 Å². The van der Waals surface area contributed by atoms with Crippen LogP contribution in [0.5, 0.6) is 0 Å². The topological polar surface area (TPSA) is 53.1 Å². The number of nitrogens with zero attached hydrogens (tertiary/aromatic N) is 3. The zero-order valence-electron chi connectivity index (χ0n) is 14.2. The van der Waals surface area contributed by atoms with Crippen molar-refractivity contribution in [1.82, 2.24) is 14.9 Å². The van der Waals surface area contributed by atoms with Crippen LogP contribution in [0.3, 0.4) is 0 Å². The second-order valence-corrected chi connectivity index (χ2v) is 6.58. The van der Waals surface area contributed by atoms with E-state index < -0.39 is 11.9 Å². The summed E-state index contributed by atoms with van der Waals surface area (Å²) in [5.41, 5.74) is -0.783. The zero-order valence-corrected chi connectivity index (χ0v) is 15.7. The maximum absolute atomic E-state index is 13.1.